The van der Waals surface area contributed by atoms with Crippen molar-refractivity contribution in [3.05, 3.63) is 47.1 Å². The molecule has 1 amide bonds. The third kappa shape index (κ3) is 4.53. The average molecular weight is 446 g/mol. The van der Waals surface area contributed by atoms with Crippen LogP contribution in [0, 0.1) is 6.92 Å². The number of fused-ring (bicyclic) bond motifs is 1. The standard InChI is InChI=1S/C20H18F2N4O4.C2H6/c1-4-12-18(14(5-2)30-26-12)19(27)25-17-9-23-13(8-24-17)11-7-16-15(6-10(11)3)28-20(21,22)29-16;1-2/h6-9H,4-5H2,1-3H3,(H,24,25,27);1-2H3. The topological polar surface area (TPSA) is 99.4 Å². The lowest BCUT2D eigenvalue weighted by atomic mass is 10.1. The molecule has 1 aromatic carbocycles. The molecule has 8 nitrogen and oxygen atoms in total. The van der Waals surface area contributed by atoms with E-state index in [4.69, 9.17) is 4.52 Å². The maximum Gasteiger partial charge on any atom is 0.586 e. The second kappa shape index (κ2) is 9.29. The quantitative estimate of drug-likeness (QED) is 0.577. The number of benzene rings is 1. The minimum absolute atomic E-state index is 0.0368. The zero-order chi connectivity index (χ0) is 23.5. The maximum atomic E-state index is 13.3. The Morgan fingerprint density at radius 1 is 1.06 bits per heavy atom. The predicted octanol–water partition coefficient (Wildman–Crippen LogP) is 5.16. The monoisotopic (exact) mass is 446 g/mol. The van der Waals surface area contributed by atoms with E-state index in [1.165, 1.54) is 24.5 Å². The van der Waals surface area contributed by atoms with Crippen LogP contribution in [0.3, 0.4) is 0 Å². The number of anilines is 1. The molecule has 0 bridgehead atoms. The Morgan fingerprint density at radius 3 is 2.34 bits per heavy atom. The van der Waals surface area contributed by atoms with E-state index in [9.17, 15) is 13.6 Å². The summed E-state index contributed by atoms with van der Waals surface area (Å²) in [5.74, 6) is 0.242. The van der Waals surface area contributed by atoms with Gasteiger partial charge in [0.1, 0.15) is 11.3 Å². The molecule has 4 rings (SSSR count). The van der Waals surface area contributed by atoms with E-state index < -0.39 is 6.29 Å². The van der Waals surface area contributed by atoms with Gasteiger partial charge in [-0.05, 0) is 31.0 Å². The van der Waals surface area contributed by atoms with Crippen molar-refractivity contribution < 1.29 is 27.6 Å². The number of amides is 1. The highest BCUT2D eigenvalue weighted by molar-refractivity contribution is 6.05. The zero-order valence-electron chi connectivity index (χ0n) is 18.5. The van der Waals surface area contributed by atoms with Crippen molar-refractivity contribution in [1.29, 1.82) is 0 Å². The van der Waals surface area contributed by atoms with Gasteiger partial charge in [0.05, 0.1) is 23.8 Å². The van der Waals surface area contributed by atoms with Crippen LogP contribution >= 0.6 is 0 Å². The Labute approximate surface area is 184 Å². The number of nitrogens with one attached hydrogen (secondary N) is 1. The number of carbonyl (C=O) groups excluding carboxylic acids is 1. The predicted molar refractivity (Wildman–Crippen MR) is 113 cm³/mol. The van der Waals surface area contributed by atoms with Crippen LogP contribution in [0.25, 0.3) is 11.3 Å². The summed E-state index contributed by atoms with van der Waals surface area (Å²) in [5, 5.41) is 6.61. The van der Waals surface area contributed by atoms with E-state index >= 15 is 0 Å². The third-order valence-corrected chi connectivity index (χ3v) is 4.63. The number of hydrogen-bond donors (Lipinski definition) is 1. The van der Waals surface area contributed by atoms with Crippen molar-refractivity contribution in [3.8, 4) is 22.8 Å². The van der Waals surface area contributed by atoms with Crippen LogP contribution in [0.5, 0.6) is 11.5 Å². The fourth-order valence-corrected chi connectivity index (χ4v) is 3.19. The molecule has 0 fully saturated rings. The average Bonchev–Trinajstić information content (AvgIpc) is 3.33. The van der Waals surface area contributed by atoms with Crippen molar-refractivity contribution in [2.24, 2.45) is 0 Å². The number of rotatable bonds is 5. The molecule has 1 aliphatic heterocycles. The lowest BCUT2D eigenvalue weighted by Gasteiger charge is -2.08. The van der Waals surface area contributed by atoms with E-state index in [-0.39, 0.29) is 23.2 Å². The van der Waals surface area contributed by atoms with Gasteiger partial charge in [-0.15, -0.1) is 8.78 Å². The molecule has 0 saturated heterocycles. The van der Waals surface area contributed by atoms with Crippen molar-refractivity contribution in [3.63, 3.8) is 0 Å². The van der Waals surface area contributed by atoms with Gasteiger partial charge in [0.2, 0.25) is 0 Å². The number of alkyl halides is 2. The Hall–Kier alpha value is -3.56. The molecule has 1 aliphatic rings. The summed E-state index contributed by atoms with van der Waals surface area (Å²) in [6.45, 7) is 9.48. The highest BCUT2D eigenvalue weighted by Gasteiger charge is 2.43. The van der Waals surface area contributed by atoms with Crippen LogP contribution in [-0.2, 0) is 12.8 Å². The Kier molecular flexibility index (Phi) is 6.71. The fraction of sp³-hybridized carbons (Fsp3) is 0.364. The fourth-order valence-electron chi connectivity index (χ4n) is 3.19. The van der Waals surface area contributed by atoms with E-state index in [2.05, 4.69) is 29.9 Å². The molecule has 3 heterocycles. The van der Waals surface area contributed by atoms with Crippen LogP contribution in [0.4, 0.5) is 14.6 Å². The third-order valence-electron chi connectivity index (χ3n) is 4.63. The molecule has 0 unspecified atom stereocenters. The normalized spacial score (nSPS) is 13.3. The summed E-state index contributed by atoms with van der Waals surface area (Å²) < 4.78 is 40.7. The molecular weight excluding hydrogens is 422 g/mol. The van der Waals surface area contributed by atoms with Crippen molar-refractivity contribution >= 4 is 11.7 Å². The molecule has 1 N–H and O–H groups in total. The smallest absolute Gasteiger partial charge is 0.395 e. The minimum Gasteiger partial charge on any atom is -0.395 e. The van der Waals surface area contributed by atoms with Crippen molar-refractivity contribution in [1.82, 2.24) is 15.1 Å². The molecule has 170 valence electrons. The second-order valence-electron chi connectivity index (χ2n) is 6.66. The number of halogens is 2. The van der Waals surface area contributed by atoms with Gasteiger partial charge in [-0.3, -0.25) is 9.78 Å². The molecule has 0 aliphatic carbocycles. The molecule has 10 heteroatoms. The van der Waals surface area contributed by atoms with E-state index in [0.717, 1.165) is 0 Å². The van der Waals surface area contributed by atoms with Crippen molar-refractivity contribution in [2.45, 2.75) is 53.8 Å². The number of nitrogens with zero attached hydrogens (tertiary/aromatic N) is 3. The van der Waals surface area contributed by atoms with E-state index in [1.54, 1.807) is 6.92 Å². The van der Waals surface area contributed by atoms with Gasteiger partial charge in [-0.25, -0.2) is 4.98 Å². The zero-order valence-corrected chi connectivity index (χ0v) is 18.5. The first-order chi connectivity index (χ1) is 15.3. The highest BCUT2D eigenvalue weighted by atomic mass is 19.3. The minimum atomic E-state index is -3.69. The Morgan fingerprint density at radius 2 is 1.75 bits per heavy atom. The van der Waals surface area contributed by atoms with Crippen LogP contribution in [-0.4, -0.2) is 27.3 Å². The number of ether oxygens (including phenoxy) is 2. The van der Waals surface area contributed by atoms with Crippen LogP contribution in [0.1, 0.15) is 55.1 Å². The van der Waals surface area contributed by atoms with Crippen LogP contribution < -0.4 is 14.8 Å². The summed E-state index contributed by atoms with van der Waals surface area (Å²) in [7, 11) is 0. The van der Waals surface area contributed by atoms with E-state index in [0.29, 0.717) is 46.7 Å². The van der Waals surface area contributed by atoms with Gasteiger partial charge in [-0.1, -0.05) is 32.9 Å². The molecule has 0 saturated carbocycles. The number of aryl methyl sites for hydroxylation is 3. The number of carbonyl (C=O) groups is 1. The lowest BCUT2D eigenvalue weighted by molar-refractivity contribution is -0.286. The van der Waals surface area contributed by atoms with Gasteiger partial charge >= 0.3 is 6.29 Å². The first-order valence-corrected chi connectivity index (χ1v) is 10.3. The number of aromatic nitrogens is 3. The molecular formula is C22H24F2N4O4. The highest BCUT2D eigenvalue weighted by Crippen LogP contribution is 2.44. The largest absolute Gasteiger partial charge is 0.586 e. The van der Waals surface area contributed by atoms with Gasteiger partial charge in [0.15, 0.2) is 17.3 Å². The maximum absolute atomic E-state index is 13.3. The van der Waals surface area contributed by atoms with Crippen LogP contribution in [0.2, 0.25) is 0 Å². The second-order valence-corrected chi connectivity index (χ2v) is 6.66. The first kappa shape index (κ1) is 23.1. The molecule has 0 radical (unpaired) electrons. The summed E-state index contributed by atoms with van der Waals surface area (Å²) >= 11 is 0. The van der Waals surface area contributed by atoms with Crippen LogP contribution in [0.15, 0.2) is 29.0 Å². The molecule has 0 atom stereocenters. The van der Waals surface area contributed by atoms with Gasteiger partial charge in [0, 0.05) is 12.0 Å². The van der Waals surface area contributed by atoms with Gasteiger partial charge in [0.25, 0.3) is 5.91 Å². The Balaban J connectivity index is 0.00000141. The SMILES string of the molecule is CC.CCc1noc(CC)c1C(=O)Nc1cnc(-c2cc3c(cc2C)OC(F)(F)O3)cn1. The molecule has 2 aromatic heterocycles. The summed E-state index contributed by atoms with van der Waals surface area (Å²) in [5.41, 5.74) is 2.62. The number of hydrogen-bond acceptors (Lipinski definition) is 7. The van der Waals surface area contributed by atoms with Gasteiger partial charge < -0.3 is 19.3 Å². The summed E-state index contributed by atoms with van der Waals surface area (Å²) in [6.07, 6.45) is 0.218. The van der Waals surface area contributed by atoms with Gasteiger partial charge in [-0.2, -0.15) is 0 Å². The molecule has 3 aromatic rings. The van der Waals surface area contributed by atoms with Crippen molar-refractivity contribution in [2.75, 3.05) is 5.32 Å². The lowest BCUT2D eigenvalue weighted by Crippen LogP contribution is -2.25. The molecule has 0 spiro atoms. The van der Waals surface area contributed by atoms with E-state index in [1.807, 2.05) is 27.7 Å². The summed E-state index contributed by atoms with van der Waals surface area (Å²) in [4.78, 5) is 21.2. The molecule has 32 heavy (non-hydrogen) atoms. The Bertz CT molecular complexity index is 1090. The first-order valence-electron chi connectivity index (χ1n) is 10.3. The summed E-state index contributed by atoms with van der Waals surface area (Å²) in [6, 6.07) is 2.87.